The molecule has 0 aromatic heterocycles. The molecule has 6 heteroatoms. The lowest BCUT2D eigenvalue weighted by atomic mass is 10.2. The van der Waals surface area contributed by atoms with Gasteiger partial charge in [-0.1, -0.05) is 0 Å². The first-order valence-corrected chi connectivity index (χ1v) is 3.83. The van der Waals surface area contributed by atoms with Crippen LogP contribution in [0.25, 0.3) is 0 Å². The molecule has 0 spiro atoms. The minimum Gasteiger partial charge on any atom is -0.480 e. The minimum absolute atomic E-state index is 0.676. The van der Waals surface area contributed by atoms with E-state index in [1.807, 2.05) is 0 Å². The van der Waals surface area contributed by atoms with E-state index in [0.717, 1.165) is 0 Å². The SMILES string of the molecule is CC(O)C(N)C(=O)N[C@@H](C)C(=O)O. The van der Waals surface area contributed by atoms with E-state index in [1.165, 1.54) is 13.8 Å². The monoisotopic (exact) mass is 190 g/mol. The van der Waals surface area contributed by atoms with Crippen LogP contribution in [0.5, 0.6) is 0 Å². The summed E-state index contributed by atoms with van der Waals surface area (Å²) in [6.45, 7) is 2.67. The van der Waals surface area contributed by atoms with E-state index in [-0.39, 0.29) is 0 Å². The van der Waals surface area contributed by atoms with Crippen molar-refractivity contribution in [3.05, 3.63) is 0 Å². The number of carboxylic acids is 1. The quantitative estimate of drug-likeness (QED) is 0.421. The van der Waals surface area contributed by atoms with Crippen molar-refractivity contribution in [2.45, 2.75) is 32.0 Å². The second-order valence-corrected chi connectivity index (χ2v) is 2.83. The van der Waals surface area contributed by atoms with Crippen molar-refractivity contribution in [2.75, 3.05) is 0 Å². The van der Waals surface area contributed by atoms with E-state index < -0.39 is 30.1 Å². The van der Waals surface area contributed by atoms with Gasteiger partial charge in [0.1, 0.15) is 12.1 Å². The maximum absolute atomic E-state index is 11.0. The van der Waals surface area contributed by atoms with Crippen LogP contribution in [0.4, 0.5) is 0 Å². The number of hydrogen-bond acceptors (Lipinski definition) is 4. The molecule has 0 radical (unpaired) electrons. The first-order chi connectivity index (χ1) is 5.86. The zero-order valence-corrected chi connectivity index (χ0v) is 7.52. The summed E-state index contributed by atoms with van der Waals surface area (Å²) in [7, 11) is 0. The van der Waals surface area contributed by atoms with Gasteiger partial charge in [-0.3, -0.25) is 9.59 Å². The molecule has 0 aliphatic carbocycles. The number of carboxylic acid groups (broad SMARTS) is 1. The van der Waals surface area contributed by atoms with Crippen LogP contribution in [-0.4, -0.2) is 40.3 Å². The normalized spacial score (nSPS) is 17.2. The van der Waals surface area contributed by atoms with E-state index in [2.05, 4.69) is 5.32 Å². The van der Waals surface area contributed by atoms with Crippen molar-refractivity contribution in [3.8, 4) is 0 Å². The second kappa shape index (κ2) is 4.78. The molecule has 0 saturated heterocycles. The van der Waals surface area contributed by atoms with Crippen LogP contribution in [0.3, 0.4) is 0 Å². The van der Waals surface area contributed by atoms with Gasteiger partial charge in [-0.25, -0.2) is 0 Å². The summed E-state index contributed by atoms with van der Waals surface area (Å²) in [5.41, 5.74) is 5.25. The molecular weight excluding hydrogens is 176 g/mol. The standard InChI is InChI=1S/C7H14N2O4/c1-3(7(12)13)9-6(11)5(8)4(2)10/h3-5,10H,8H2,1-2H3,(H,9,11)(H,12,13)/t3-,4?,5?/m0/s1. The van der Waals surface area contributed by atoms with E-state index >= 15 is 0 Å². The molecule has 2 unspecified atom stereocenters. The first-order valence-electron chi connectivity index (χ1n) is 3.83. The van der Waals surface area contributed by atoms with E-state index in [4.69, 9.17) is 15.9 Å². The van der Waals surface area contributed by atoms with Crippen LogP contribution < -0.4 is 11.1 Å². The summed E-state index contributed by atoms with van der Waals surface area (Å²) in [4.78, 5) is 21.3. The van der Waals surface area contributed by atoms with Crippen molar-refractivity contribution in [1.82, 2.24) is 5.32 Å². The fourth-order valence-corrected chi connectivity index (χ4v) is 0.590. The van der Waals surface area contributed by atoms with Gasteiger partial charge >= 0.3 is 5.97 Å². The molecule has 0 aromatic carbocycles. The van der Waals surface area contributed by atoms with Crippen LogP contribution in [0.2, 0.25) is 0 Å². The van der Waals surface area contributed by atoms with Crippen LogP contribution in [0, 0.1) is 0 Å². The van der Waals surface area contributed by atoms with E-state index in [9.17, 15) is 9.59 Å². The number of carbonyl (C=O) groups excluding carboxylic acids is 1. The molecule has 76 valence electrons. The van der Waals surface area contributed by atoms with Crippen molar-refractivity contribution in [1.29, 1.82) is 0 Å². The highest BCUT2D eigenvalue weighted by Crippen LogP contribution is 1.90. The predicted octanol–water partition coefficient (Wildman–Crippen LogP) is -1.72. The Morgan fingerprint density at radius 1 is 1.38 bits per heavy atom. The zero-order valence-electron chi connectivity index (χ0n) is 7.52. The molecule has 5 N–H and O–H groups in total. The molecule has 6 nitrogen and oxygen atoms in total. The van der Waals surface area contributed by atoms with Gasteiger partial charge in [0.25, 0.3) is 0 Å². The Hall–Kier alpha value is -1.14. The number of aliphatic hydroxyl groups excluding tert-OH is 1. The van der Waals surface area contributed by atoms with Gasteiger partial charge in [-0.05, 0) is 13.8 Å². The maximum Gasteiger partial charge on any atom is 0.325 e. The average Bonchev–Trinajstić information content (AvgIpc) is 2.02. The number of amides is 1. The number of hydrogen-bond donors (Lipinski definition) is 4. The van der Waals surface area contributed by atoms with Crippen molar-refractivity contribution in [3.63, 3.8) is 0 Å². The molecule has 0 aliphatic heterocycles. The van der Waals surface area contributed by atoms with Gasteiger partial charge in [0, 0.05) is 0 Å². The Bertz CT molecular complexity index is 205. The summed E-state index contributed by atoms with van der Waals surface area (Å²) >= 11 is 0. The van der Waals surface area contributed by atoms with Gasteiger partial charge in [-0.2, -0.15) is 0 Å². The van der Waals surface area contributed by atoms with Crippen LogP contribution >= 0.6 is 0 Å². The van der Waals surface area contributed by atoms with Crippen molar-refractivity contribution < 1.29 is 19.8 Å². The first kappa shape index (κ1) is 11.9. The number of nitrogens with two attached hydrogens (primary N) is 1. The number of rotatable bonds is 4. The molecule has 0 bridgehead atoms. The number of carbonyl (C=O) groups is 2. The van der Waals surface area contributed by atoms with Crippen molar-refractivity contribution >= 4 is 11.9 Å². The Balaban J connectivity index is 4.08. The highest BCUT2D eigenvalue weighted by atomic mass is 16.4. The Labute approximate surface area is 75.7 Å². The summed E-state index contributed by atoms with van der Waals surface area (Å²) in [6.07, 6.45) is -0.999. The van der Waals surface area contributed by atoms with Crippen LogP contribution in [-0.2, 0) is 9.59 Å². The second-order valence-electron chi connectivity index (χ2n) is 2.83. The van der Waals surface area contributed by atoms with E-state index in [1.54, 1.807) is 0 Å². The highest BCUT2D eigenvalue weighted by molar-refractivity contribution is 5.86. The molecule has 1 amide bonds. The molecular formula is C7H14N2O4. The number of aliphatic carboxylic acids is 1. The number of nitrogens with one attached hydrogen (secondary N) is 1. The molecule has 3 atom stereocenters. The van der Waals surface area contributed by atoms with Gasteiger partial charge in [0.05, 0.1) is 6.10 Å². The third-order valence-corrected chi connectivity index (χ3v) is 1.55. The minimum atomic E-state index is -1.15. The molecule has 13 heavy (non-hydrogen) atoms. The maximum atomic E-state index is 11.0. The molecule has 0 fully saturated rings. The smallest absolute Gasteiger partial charge is 0.325 e. The lowest BCUT2D eigenvalue weighted by Crippen LogP contribution is -2.51. The molecule has 0 aromatic rings. The lowest BCUT2D eigenvalue weighted by Gasteiger charge is -2.16. The van der Waals surface area contributed by atoms with Gasteiger partial charge < -0.3 is 21.3 Å². The zero-order chi connectivity index (χ0) is 10.6. The van der Waals surface area contributed by atoms with Gasteiger partial charge in [0.2, 0.25) is 5.91 Å². The highest BCUT2D eigenvalue weighted by Gasteiger charge is 2.22. The lowest BCUT2D eigenvalue weighted by molar-refractivity contribution is -0.141. The van der Waals surface area contributed by atoms with Gasteiger partial charge in [0.15, 0.2) is 0 Å². The fraction of sp³-hybridized carbons (Fsp3) is 0.714. The molecule has 0 heterocycles. The largest absolute Gasteiger partial charge is 0.480 e. The average molecular weight is 190 g/mol. The summed E-state index contributed by atoms with van der Waals surface area (Å²) in [5.74, 6) is -1.82. The Kier molecular flexibility index (Phi) is 4.36. The van der Waals surface area contributed by atoms with E-state index in [0.29, 0.717) is 0 Å². The topological polar surface area (TPSA) is 113 Å². The van der Waals surface area contributed by atoms with Crippen LogP contribution in [0.15, 0.2) is 0 Å². The third-order valence-electron chi connectivity index (χ3n) is 1.55. The van der Waals surface area contributed by atoms with Crippen LogP contribution in [0.1, 0.15) is 13.8 Å². The third kappa shape index (κ3) is 3.86. The summed E-state index contributed by atoms with van der Waals surface area (Å²) in [6, 6.07) is -2.10. The Morgan fingerprint density at radius 3 is 2.15 bits per heavy atom. The number of aliphatic hydroxyl groups is 1. The summed E-state index contributed by atoms with van der Waals surface area (Å²) in [5, 5.41) is 19.5. The molecule has 0 saturated carbocycles. The fourth-order valence-electron chi connectivity index (χ4n) is 0.590. The van der Waals surface area contributed by atoms with Gasteiger partial charge in [-0.15, -0.1) is 0 Å². The Morgan fingerprint density at radius 2 is 1.85 bits per heavy atom. The predicted molar refractivity (Wildman–Crippen MR) is 44.9 cm³/mol. The summed E-state index contributed by atoms with van der Waals surface area (Å²) < 4.78 is 0. The van der Waals surface area contributed by atoms with Crippen molar-refractivity contribution in [2.24, 2.45) is 5.73 Å². The molecule has 0 rings (SSSR count). The molecule has 0 aliphatic rings.